The molecule has 130 valence electrons. The predicted molar refractivity (Wildman–Crippen MR) is 96.7 cm³/mol. The molecule has 0 saturated carbocycles. The Kier molecular flexibility index (Phi) is 4.22. The molecule has 6 heteroatoms. The van der Waals surface area contributed by atoms with E-state index in [0.717, 1.165) is 61.2 Å². The van der Waals surface area contributed by atoms with E-state index in [1.54, 1.807) is 11.3 Å². The summed E-state index contributed by atoms with van der Waals surface area (Å²) < 4.78 is 0. The van der Waals surface area contributed by atoms with E-state index in [1.807, 2.05) is 0 Å². The van der Waals surface area contributed by atoms with Gasteiger partial charge in [-0.3, -0.25) is 9.69 Å². The lowest BCUT2D eigenvalue weighted by Gasteiger charge is -2.33. The second kappa shape index (κ2) is 6.24. The number of hydrogen-bond donors (Lipinski definition) is 2. The van der Waals surface area contributed by atoms with E-state index in [0.29, 0.717) is 5.92 Å². The molecule has 1 saturated heterocycles. The Bertz CT molecular complexity index is 804. The van der Waals surface area contributed by atoms with Gasteiger partial charge in [-0.1, -0.05) is 6.92 Å². The summed E-state index contributed by atoms with van der Waals surface area (Å²) in [5.74, 6) is 1.46. The number of aromatic nitrogens is 2. The van der Waals surface area contributed by atoms with Crippen LogP contribution >= 0.6 is 11.3 Å². The minimum absolute atomic E-state index is 0.0194. The summed E-state index contributed by atoms with van der Waals surface area (Å²) in [4.78, 5) is 25.1. The molecule has 0 amide bonds. The summed E-state index contributed by atoms with van der Waals surface area (Å²) in [6.45, 7) is 6.08. The Morgan fingerprint density at radius 1 is 1.33 bits per heavy atom. The van der Waals surface area contributed by atoms with E-state index in [2.05, 4.69) is 23.7 Å². The van der Waals surface area contributed by atoms with Crippen molar-refractivity contribution in [3.8, 4) is 0 Å². The summed E-state index contributed by atoms with van der Waals surface area (Å²) in [5.41, 5.74) is 1.26. The molecule has 0 aromatic carbocycles. The van der Waals surface area contributed by atoms with Crippen molar-refractivity contribution in [2.75, 3.05) is 13.1 Å². The lowest BCUT2D eigenvalue weighted by molar-refractivity contribution is 0.0626. The normalized spacial score (nSPS) is 24.2. The Morgan fingerprint density at radius 3 is 2.83 bits per heavy atom. The van der Waals surface area contributed by atoms with Crippen molar-refractivity contribution >= 4 is 21.6 Å². The van der Waals surface area contributed by atoms with Crippen LogP contribution in [0.5, 0.6) is 0 Å². The van der Waals surface area contributed by atoms with Crippen molar-refractivity contribution in [3.63, 3.8) is 0 Å². The maximum atomic E-state index is 12.7. The highest BCUT2D eigenvalue weighted by atomic mass is 32.1. The summed E-state index contributed by atoms with van der Waals surface area (Å²) >= 11 is 1.71. The minimum Gasteiger partial charge on any atom is -0.393 e. The number of likely N-dealkylation sites (tertiary alicyclic amines) is 1. The lowest BCUT2D eigenvalue weighted by atomic mass is 9.89. The Morgan fingerprint density at radius 2 is 2.08 bits per heavy atom. The highest BCUT2D eigenvalue weighted by Crippen LogP contribution is 2.36. The number of H-pyrrole nitrogens is 1. The van der Waals surface area contributed by atoms with Gasteiger partial charge in [0.25, 0.3) is 5.56 Å². The molecule has 0 radical (unpaired) electrons. The number of thiophene rings is 1. The van der Waals surface area contributed by atoms with Gasteiger partial charge in [-0.15, -0.1) is 11.3 Å². The van der Waals surface area contributed by atoms with Gasteiger partial charge in [-0.05, 0) is 50.5 Å². The van der Waals surface area contributed by atoms with Crippen molar-refractivity contribution in [1.82, 2.24) is 14.9 Å². The van der Waals surface area contributed by atoms with Crippen molar-refractivity contribution in [3.05, 3.63) is 26.6 Å². The number of aryl methyl sites for hydroxylation is 1. The number of aliphatic hydroxyl groups excluding tert-OH is 1. The molecule has 0 unspecified atom stereocenters. The zero-order valence-electron chi connectivity index (χ0n) is 14.3. The first-order valence-electron chi connectivity index (χ1n) is 8.99. The Hall–Kier alpha value is -1.24. The van der Waals surface area contributed by atoms with Gasteiger partial charge in [0.1, 0.15) is 10.7 Å². The second-order valence-electron chi connectivity index (χ2n) is 7.43. The molecule has 2 atom stereocenters. The molecule has 2 aliphatic rings. The van der Waals surface area contributed by atoms with Crippen molar-refractivity contribution in [1.29, 1.82) is 0 Å². The van der Waals surface area contributed by atoms with Crippen LogP contribution in [0.25, 0.3) is 10.2 Å². The fourth-order valence-corrected chi connectivity index (χ4v) is 5.40. The first kappa shape index (κ1) is 16.2. The van der Waals surface area contributed by atoms with Crippen LogP contribution in [0.1, 0.15) is 55.4 Å². The molecule has 0 bridgehead atoms. The van der Waals surface area contributed by atoms with Crippen LogP contribution < -0.4 is 5.56 Å². The summed E-state index contributed by atoms with van der Waals surface area (Å²) in [6.07, 6.45) is 4.63. The number of nitrogens with one attached hydrogen (secondary N) is 1. The largest absolute Gasteiger partial charge is 0.393 e. The van der Waals surface area contributed by atoms with Crippen LogP contribution in [0.4, 0.5) is 0 Å². The summed E-state index contributed by atoms with van der Waals surface area (Å²) in [6, 6.07) is 0.0765. The monoisotopic (exact) mass is 347 g/mol. The van der Waals surface area contributed by atoms with Gasteiger partial charge in [0, 0.05) is 18.0 Å². The van der Waals surface area contributed by atoms with E-state index in [4.69, 9.17) is 4.98 Å². The van der Waals surface area contributed by atoms with E-state index in [-0.39, 0.29) is 17.7 Å². The number of rotatable bonds is 2. The van der Waals surface area contributed by atoms with Crippen LogP contribution in [-0.2, 0) is 12.8 Å². The quantitative estimate of drug-likeness (QED) is 0.876. The molecule has 1 aliphatic carbocycles. The van der Waals surface area contributed by atoms with Crippen LogP contribution in [-0.4, -0.2) is 39.2 Å². The molecule has 1 fully saturated rings. The topological polar surface area (TPSA) is 69.2 Å². The number of hydrogen-bond acceptors (Lipinski definition) is 5. The van der Waals surface area contributed by atoms with E-state index in [9.17, 15) is 9.90 Å². The Balaban J connectivity index is 1.69. The van der Waals surface area contributed by atoms with E-state index < -0.39 is 0 Å². The molecule has 24 heavy (non-hydrogen) atoms. The van der Waals surface area contributed by atoms with Crippen LogP contribution in [0.15, 0.2) is 4.79 Å². The third-order valence-electron chi connectivity index (χ3n) is 5.63. The van der Waals surface area contributed by atoms with Gasteiger partial charge in [0.15, 0.2) is 0 Å². The van der Waals surface area contributed by atoms with Gasteiger partial charge in [0.2, 0.25) is 0 Å². The minimum atomic E-state index is -0.186. The summed E-state index contributed by atoms with van der Waals surface area (Å²) in [5, 5.41) is 10.5. The first-order chi connectivity index (χ1) is 11.5. The van der Waals surface area contributed by atoms with E-state index >= 15 is 0 Å². The standard InChI is InChI=1S/C18H25N3O2S/c1-10-3-4-13-14(9-10)24-18-15(13)17(23)19-16(20-18)11(2)21-7-5-12(22)6-8-21/h10-12,22H,3-9H2,1-2H3,(H,19,20,23)/t10-,11+/m1/s1. The molecule has 0 spiro atoms. The molecule has 3 heterocycles. The predicted octanol–water partition coefficient (Wildman–Crippen LogP) is 2.63. The Labute approximate surface area is 145 Å². The number of fused-ring (bicyclic) bond motifs is 3. The number of aromatic amines is 1. The van der Waals surface area contributed by atoms with Gasteiger partial charge in [0.05, 0.1) is 17.5 Å². The lowest BCUT2D eigenvalue weighted by Crippen LogP contribution is -2.38. The average Bonchev–Trinajstić information content (AvgIpc) is 2.92. The molecule has 2 aromatic rings. The molecule has 2 aromatic heterocycles. The third kappa shape index (κ3) is 2.80. The van der Waals surface area contributed by atoms with Gasteiger partial charge in [-0.2, -0.15) is 0 Å². The second-order valence-corrected chi connectivity index (χ2v) is 8.51. The molecule has 4 rings (SSSR count). The highest BCUT2D eigenvalue weighted by molar-refractivity contribution is 7.18. The van der Waals surface area contributed by atoms with Gasteiger partial charge >= 0.3 is 0 Å². The smallest absolute Gasteiger partial charge is 0.259 e. The van der Waals surface area contributed by atoms with Gasteiger partial charge in [-0.25, -0.2) is 4.98 Å². The first-order valence-corrected chi connectivity index (χ1v) is 9.81. The maximum absolute atomic E-state index is 12.7. The maximum Gasteiger partial charge on any atom is 0.259 e. The fraction of sp³-hybridized carbons (Fsp3) is 0.667. The van der Waals surface area contributed by atoms with Crippen LogP contribution in [0.3, 0.4) is 0 Å². The van der Waals surface area contributed by atoms with Crippen LogP contribution in [0.2, 0.25) is 0 Å². The number of piperidine rings is 1. The van der Waals surface area contributed by atoms with Crippen LogP contribution in [0, 0.1) is 5.92 Å². The highest BCUT2D eigenvalue weighted by Gasteiger charge is 2.26. The molecule has 1 aliphatic heterocycles. The SMILES string of the molecule is C[C@@H]1CCc2c(sc3nc([C@H](C)N4CCC(O)CC4)[nH]c(=O)c23)C1. The zero-order chi connectivity index (χ0) is 16.8. The van der Waals surface area contributed by atoms with E-state index in [1.165, 1.54) is 10.4 Å². The number of aliphatic hydroxyl groups is 1. The third-order valence-corrected chi connectivity index (χ3v) is 6.77. The molecular weight excluding hydrogens is 322 g/mol. The van der Waals surface area contributed by atoms with Crippen molar-refractivity contribution in [2.45, 2.75) is 58.1 Å². The number of nitrogens with zero attached hydrogens (tertiary/aromatic N) is 2. The average molecular weight is 347 g/mol. The fourth-order valence-electron chi connectivity index (χ4n) is 4.01. The van der Waals surface area contributed by atoms with Crippen molar-refractivity contribution < 1.29 is 5.11 Å². The van der Waals surface area contributed by atoms with Gasteiger partial charge < -0.3 is 10.1 Å². The molecule has 5 nitrogen and oxygen atoms in total. The van der Waals surface area contributed by atoms with Crippen molar-refractivity contribution in [2.24, 2.45) is 5.92 Å². The summed E-state index contributed by atoms with van der Waals surface area (Å²) in [7, 11) is 0. The zero-order valence-corrected chi connectivity index (χ0v) is 15.2. The molecular formula is C18H25N3O2S. The molecule has 2 N–H and O–H groups in total.